The molecular formula is C16H17BrFNO4. The molecule has 0 aliphatic carbocycles. The lowest BCUT2D eigenvalue weighted by Gasteiger charge is -2.28. The number of hydrogen-bond donors (Lipinski definition) is 5. The number of benzene rings is 2. The average molecular weight is 386 g/mol. The van der Waals surface area contributed by atoms with Gasteiger partial charge in [-0.2, -0.15) is 0 Å². The Labute approximate surface area is 142 Å². The predicted molar refractivity (Wildman–Crippen MR) is 88.0 cm³/mol. The maximum absolute atomic E-state index is 14.3. The molecule has 0 fully saturated rings. The summed E-state index contributed by atoms with van der Waals surface area (Å²) in [6.45, 7) is 0.616. The van der Waals surface area contributed by atoms with Crippen LogP contribution in [0.1, 0.15) is 22.7 Å². The van der Waals surface area contributed by atoms with E-state index in [0.29, 0.717) is 36.1 Å². The highest BCUT2D eigenvalue weighted by molar-refractivity contribution is 8.93. The molecule has 2 aromatic carbocycles. The van der Waals surface area contributed by atoms with Crippen LogP contribution in [0.3, 0.4) is 0 Å². The molecule has 5 N–H and O–H groups in total. The molecule has 7 heteroatoms. The molecule has 1 aliphatic rings. The molecule has 3 rings (SSSR count). The highest BCUT2D eigenvalue weighted by Crippen LogP contribution is 2.38. The van der Waals surface area contributed by atoms with Crippen LogP contribution in [0, 0.1) is 5.82 Å². The van der Waals surface area contributed by atoms with Crippen molar-refractivity contribution in [2.24, 2.45) is 0 Å². The van der Waals surface area contributed by atoms with Gasteiger partial charge in [0.2, 0.25) is 0 Å². The number of rotatable bonds is 2. The van der Waals surface area contributed by atoms with Crippen molar-refractivity contribution >= 4 is 17.0 Å². The van der Waals surface area contributed by atoms with Gasteiger partial charge in [0.25, 0.3) is 0 Å². The van der Waals surface area contributed by atoms with Crippen LogP contribution in [-0.4, -0.2) is 27.0 Å². The second-order valence-electron chi connectivity index (χ2n) is 5.41. The van der Waals surface area contributed by atoms with Crippen molar-refractivity contribution in [2.75, 3.05) is 6.54 Å². The van der Waals surface area contributed by atoms with Gasteiger partial charge in [-0.3, -0.25) is 0 Å². The Hall–Kier alpha value is -1.99. The lowest BCUT2D eigenvalue weighted by atomic mass is 9.89. The minimum atomic E-state index is -0.824. The second-order valence-corrected chi connectivity index (χ2v) is 5.41. The standard InChI is InChI=1S/C16H16FNO4.BrH/c17-15-14-9(7-13(21)16(15)22)3-4-18-10(14)5-8-1-2-11(19)12(20)6-8;/h1-2,6-7,10,18-22H,3-5H2;1H. The molecule has 0 saturated carbocycles. The van der Waals surface area contributed by atoms with E-state index in [1.807, 2.05) is 0 Å². The van der Waals surface area contributed by atoms with E-state index in [1.54, 1.807) is 6.07 Å². The summed E-state index contributed by atoms with van der Waals surface area (Å²) in [5.74, 6) is -2.48. The van der Waals surface area contributed by atoms with Gasteiger partial charge < -0.3 is 25.7 Å². The quantitative estimate of drug-likeness (QED) is 0.512. The molecule has 0 bridgehead atoms. The van der Waals surface area contributed by atoms with Crippen molar-refractivity contribution in [3.63, 3.8) is 0 Å². The van der Waals surface area contributed by atoms with Crippen molar-refractivity contribution in [3.05, 3.63) is 46.8 Å². The highest BCUT2D eigenvalue weighted by atomic mass is 79.9. The van der Waals surface area contributed by atoms with E-state index in [1.165, 1.54) is 18.2 Å². The molecule has 0 saturated heterocycles. The first-order valence-electron chi connectivity index (χ1n) is 6.95. The fraction of sp³-hybridized carbons (Fsp3) is 0.250. The smallest absolute Gasteiger partial charge is 0.194 e. The van der Waals surface area contributed by atoms with Gasteiger partial charge in [-0.25, -0.2) is 4.39 Å². The predicted octanol–water partition coefficient (Wildman–Crippen LogP) is 2.66. The molecule has 0 spiro atoms. The number of phenols is 4. The highest BCUT2D eigenvalue weighted by Gasteiger charge is 2.27. The third-order valence-corrected chi connectivity index (χ3v) is 3.96. The van der Waals surface area contributed by atoms with Gasteiger partial charge in [0.05, 0.1) is 0 Å². The molecule has 0 radical (unpaired) electrons. The summed E-state index contributed by atoms with van der Waals surface area (Å²) in [7, 11) is 0. The zero-order valence-corrected chi connectivity index (χ0v) is 13.8. The zero-order chi connectivity index (χ0) is 15.9. The third kappa shape index (κ3) is 3.20. The molecule has 124 valence electrons. The van der Waals surface area contributed by atoms with Crippen LogP contribution in [-0.2, 0) is 12.8 Å². The Balaban J connectivity index is 0.00000192. The van der Waals surface area contributed by atoms with E-state index in [9.17, 15) is 24.8 Å². The first-order chi connectivity index (χ1) is 10.5. The number of phenolic OH excluding ortho intramolecular Hbond substituents is 4. The first kappa shape index (κ1) is 17.4. The van der Waals surface area contributed by atoms with Gasteiger partial charge in [-0.05, 0) is 48.7 Å². The third-order valence-electron chi connectivity index (χ3n) is 3.96. The minimum absolute atomic E-state index is 0. The average Bonchev–Trinajstić information content (AvgIpc) is 2.49. The topological polar surface area (TPSA) is 93.0 Å². The SMILES string of the molecule is Br.Oc1ccc(CC2NCCc3cc(O)c(O)c(F)c32)cc1O. The molecule has 1 unspecified atom stereocenters. The van der Waals surface area contributed by atoms with Crippen molar-refractivity contribution < 1.29 is 24.8 Å². The second kappa shape index (κ2) is 6.64. The fourth-order valence-corrected chi connectivity index (χ4v) is 2.86. The number of hydrogen-bond acceptors (Lipinski definition) is 5. The van der Waals surface area contributed by atoms with E-state index in [4.69, 9.17) is 0 Å². The van der Waals surface area contributed by atoms with Gasteiger partial charge in [-0.1, -0.05) is 6.07 Å². The van der Waals surface area contributed by atoms with E-state index in [2.05, 4.69) is 5.32 Å². The number of nitrogens with one attached hydrogen (secondary N) is 1. The molecule has 1 aliphatic heterocycles. The van der Waals surface area contributed by atoms with Crippen LogP contribution < -0.4 is 5.32 Å². The molecule has 23 heavy (non-hydrogen) atoms. The van der Waals surface area contributed by atoms with Crippen LogP contribution in [0.5, 0.6) is 23.0 Å². The van der Waals surface area contributed by atoms with E-state index < -0.39 is 17.3 Å². The zero-order valence-electron chi connectivity index (χ0n) is 12.1. The van der Waals surface area contributed by atoms with Gasteiger partial charge in [-0.15, -0.1) is 17.0 Å². The van der Waals surface area contributed by atoms with Crippen molar-refractivity contribution in [3.8, 4) is 23.0 Å². The summed E-state index contributed by atoms with van der Waals surface area (Å²) >= 11 is 0. The van der Waals surface area contributed by atoms with Gasteiger partial charge >= 0.3 is 0 Å². The number of fused-ring (bicyclic) bond motifs is 1. The summed E-state index contributed by atoms with van der Waals surface area (Å²) in [5, 5.41) is 41.2. The van der Waals surface area contributed by atoms with Crippen LogP contribution in [0.15, 0.2) is 24.3 Å². The van der Waals surface area contributed by atoms with E-state index in [-0.39, 0.29) is 34.5 Å². The fourth-order valence-electron chi connectivity index (χ4n) is 2.86. The molecule has 1 atom stereocenters. The Morgan fingerprint density at radius 3 is 2.48 bits per heavy atom. The van der Waals surface area contributed by atoms with E-state index in [0.717, 1.165) is 0 Å². The molecule has 5 nitrogen and oxygen atoms in total. The molecule has 0 aromatic heterocycles. The number of aromatic hydroxyl groups is 4. The molecular weight excluding hydrogens is 369 g/mol. The Morgan fingerprint density at radius 2 is 1.78 bits per heavy atom. The van der Waals surface area contributed by atoms with Crippen LogP contribution >= 0.6 is 17.0 Å². The lowest BCUT2D eigenvalue weighted by Crippen LogP contribution is -2.32. The molecule has 0 amide bonds. The maximum atomic E-state index is 14.3. The lowest BCUT2D eigenvalue weighted by molar-refractivity contribution is 0.366. The largest absolute Gasteiger partial charge is 0.504 e. The van der Waals surface area contributed by atoms with Gasteiger partial charge in [0.15, 0.2) is 28.8 Å². The first-order valence-corrected chi connectivity index (χ1v) is 6.95. The van der Waals surface area contributed by atoms with Crippen molar-refractivity contribution in [1.82, 2.24) is 5.32 Å². The minimum Gasteiger partial charge on any atom is -0.504 e. The summed E-state index contributed by atoms with van der Waals surface area (Å²) in [6.07, 6.45) is 0.930. The van der Waals surface area contributed by atoms with Crippen molar-refractivity contribution in [2.45, 2.75) is 18.9 Å². The normalized spacial score (nSPS) is 16.5. The van der Waals surface area contributed by atoms with Gasteiger partial charge in [0, 0.05) is 11.6 Å². The van der Waals surface area contributed by atoms with Gasteiger partial charge in [0.1, 0.15) is 0 Å². The monoisotopic (exact) mass is 385 g/mol. The Morgan fingerprint density at radius 1 is 1.04 bits per heavy atom. The molecule has 2 aromatic rings. The van der Waals surface area contributed by atoms with E-state index >= 15 is 0 Å². The van der Waals surface area contributed by atoms with Crippen LogP contribution in [0.2, 0.25) is 0 Å². The summed E-state index contributed by atoms with van der Waals surface area (Å²) < 4.78 is 14.3. The Kier molecular flexibility index (Phi) is 5.01. The summed E-state index contributed by atoms with van der Waals surface area (Å²) in [4.78, 5) is 0. The maximum Gasteiger partial charge on any atom is 0.194 e. The Bertz CT molecular complexity index is 739. The summed E-state index contributed by atoms with van der Waals surface area (Å²) in [6, 6.07) is 5.43. The summed E-state index contributed by atoms with van der Waals surface area (Å²) in [5.41, 5.74) is 1.70. The van der Waals surface area contributed by atoms with Crippen molar-refractivity contribution in [1.29, 1.82) is 0 Å². The van der Waals surface area contributed by atoms with Crippen LogP contribution in [0.25, 0.3) is 0 Å². The van der Waals surface area contributed by atoms with Crippen LogP contribution in [0.4, 0.5) is 4.39 Å². The number of halogens is 2. The molecule has 1 heterocycles.